The fourth-order valence-electron chi connectivity index (χ4n) is 3.37. The quantitative estimate of drug-likeness (QED) is 0.611. The second-order valence-corrected chi connectivity index (χ2v) is 9.94. The number of nitrogens with zero attached hydrogens (tertiary/aromatic N) is 1. The Morgan fingerprint density at radius 2 is 1.94 bits per heavy atom. The van der Waals surface area contributed by atoms with E-state index in [1.807, 2.05) is 11.4 Å². The monoisotopic (exact) mass is 459 g/mol. The van der Waals surface area contributed by atoms with Gasteiger partial charge in [0.2, 0.25) is 10.0 Å². The number of rotatable bonds is 5. The molecule has 1 aliphatic heterocycles. The van der Waals surface area contributed by atoms with Crippen LogP contribution in [0.5, 0.6) is 0 Å². The van der Waals surface area contributed by atoms with E-state index in [-0.39, 0.29) is 21.7 Å². The number of hydrogen-bond acceptors (Lipinski definition) is 5. The van der Waals surface area contributed by atoms with Gasteiger partial charge in [-0.2, -0.15) is 4.31 Å². The summed E-state index contributed by atoms with van der Waals surface area (Å²) in [7, 11) is -3.79. The van der Waals surface area contributed by atoms with E-state index in [1.54, 1.807) is 11.3 Å². The van der Waals surface area contributed by atoms with E-state index in [2.05, 4.69) is 5.32 Å². The molecule has 2 heterocycles. The Hall–Kier alpha value is -3.08. The number of nitrogens with two attached hydrogens (primary N) is 1. The highest BCUT2D eigenvalue weighted by molar-refractivity contribution is 7.89. The van der Waals surface area contributed by atoms with Crippen LogP contribution in [0, 0.1) is 5.82 Å². The Labute approximate surface area is 182 Å². The SMILES string of the molecule is NC(=O)c1cc(NC(=O)c2cccc(S(=O)(=O)N3CCc4sccc4C3)c2)ccc1F. The van der Waals surface area contributed by atoms with E-state index >= 15 is 0 Å². The molecule has 0 saturated carbocycles. The Bertz CT molecular complexity index is 1290. The number of halogens is 1. The molecule has 0 unspecified atom stereocenters. The third kappa shape index (κ3) is 4.22. The van der Waals surface area contributed by atoms with Gasteiger partial charge in [0, 0.05) is 29.2 Å². The van der Waals surface area contributed by atoms with Gasteiger partial charge in [-0.25, -0.2) is 12.8 Å². The minimum absolute atomic E-state index is 0.00996. The molecule has 2 aromatic carbocycles. The fourth-order valence-corrected chi connectivity index (χ4v) is 5.72. The number of thiophene rings is 1. The summed E-state index contributed by atoms with van der Waals surface area (Å²) < 4.78 is 41.3. The molecule has 1 aliphatic rings. The molecule has 0 atom stereocenters. The summed E-state index contributed by atoms with van der Waals surface area (Å²) in [6, 6.07) is 11.1. The van der Waals surface area contributed by atoms with E-state index in [4.69, 9.17) is 5.73 Å². The van der Waals surface area contributed by atoms with Crippen LogP contribution in [0.4, 0.5) is 10.1 Å². The number of sulfonamides is 1. The molecule has 2 amide bonds. The summed E-state index contributed by atoms with van der Waals surface area (Å²) in [4.78, 5) is 25.1. The van der Waals surface area contributed by atoms with Crippen molar-refractivity contribution < 1.29 is 22.4 Å². The predicted molar refractivity (Wildman–Crippen MR) is 115 cm³/mol. The Morgan fingerprint density at radius 3 is 2.71 bits per heavy atom. The van der Waals surface area contributed by atoms with Crippen LogP contribution in [0.1, 0.15) is 31.2 Å². The van der Waals surface area contributed by atoms with Gasteiger partial charge in [0.05, 0.1) is 10.5 Å². The normalized spacial score (nSPS) is 14.1. The van der Waals surface area contributed by atoms with Gasteiger partial charge in [0.1, 0.15) is 5.82 Å². The van der Waals surface area contributed by atoms with Gasteiger partial charge in [0.15, 0.2) is 0 Å². The number of primary amides is 1. The molecule has 0 aliphatic carbocycles. The zero-order chi connectivity index (χ0) is 22.2. The summed E-state index contributed by atoms with van der Waals surface area (Å²) in [5.41, 5.74) is 6.04. The van der Waals surface area contributed by atoms with Crippen molar-refractivity contribution >= 4 is 38.9 Å². The maximum Gasteiger partial charge on any atom is 0.255 e. The molecule has 0 spiro atoms. The lowest BCUT2D eigenvalue weighted by Gasteiger charge is -2.26. The minimum Gasteiger partial charge on any atom is -0.366 e. The summed E-state index contributed by atoms with van der Waals surface area (Å²) in [5, 5.41) is 4.48. The van der Waals surface area contributed by atoms with Crippen LogP contribution in [-0.2, 0) is 23.0 Å². The number of nitrogens with one attached hydrogen (secondary N) is 1. The zero-order valence-corrected chi connectivity index (χ0v) is 17.8. The molecule has 4 rings (SSSR count). The van der Waals surface area contributed by atoms with E-state index in [9.17, 15) is 22.4 Å². The number of hydrogen-bond donors (Lipinski definition) is 2. The van der Waals surface area contributed by atoms with E-state index < -0.39 is 27.7 Å². The Morgan fingerprint density at radius 1 is 1.13 bits per heavy atom. The van der Waals surface area contributed by atoms with Crippen molar-refractivity contribution in [2.75, 3.05) is 11.9 Å². The third-order valence-electron chi connectivity index (χ3n) is 5.00. The van der Waals surface area contributed by atoms with E-state index in [1.165, 1.54) is 39.5 Å². The third-order valence-corrected chi connectivity index (χ3v) is 7.86. The average molecular weight is 460 g/mol. The number of anilines is 1. The first-order chi connectivity index (χ1) is 14.8. The highest BCUT2D eigenvalue weighted by Crippen LogP contribution is 2.28. The molecule has 31 heavy (non-hydrogen) atoms. The van der Waals surface area contributed by atoms with Crippen molar-refractivity contribution in [1.82, 2.24) is 4.31 Å². The lowest BCUT2D eigenvalue weighted by molar-refractivity contribution is 0.0992. The molecule has 3 aromatic rings. The van der Waals surface area contributed by atoms with Crippen LogP contribution in [-0.4, -0.2) is 31.1 Å². The zero-order valence-electron chi connectivity index (χ0n) is 16.2. The van der Waals surface area contributed by atoms with Gasteiger partial charge in [-0.15, -0.1) is 11.3 Å². The van der Waals surface area contributed by atoms with Crippen LogP contribution in [0.2, 0.25) is 0 Å². The van der Waals surface area contributed by atoms with Crippen molar-refractivity contribution in [3.05, 3.63) is 81.3 Å². The maximum atomic E-state index is 13.6. The maximum absolute atomic E-state index is 13.6. The first-order valence-corrected chi connectivity index (χ1v) is 11.6. The number of benzene rings is 2. The summed E-state index contributed by atoms with van der Waals surface area (Å²) in [5.74, 6) is -2.36. The van der Waals surface area contributed by atoms with Gasteiger partial charge in [-0.1, -0.05) is 6.07 Å². The summed E-state index contributed by atoms with van der Waals surface area (Å²) in [6.45, 7) is 0.667. The highest BCUT2D eigenvalue weighted by Gasteiger charge is 2.29. The first-order valence-electron chi connectivity index (χ1n) is 9.32. The van der Waals surface area contributed by atoms with Crippen molar-refractivity contribution in [2.24, 2.45) is 5.73 Å². The molecular formula is C21H18FN3O4S2. The smallest absolute Gasteiger partial charge is 0.255 e. The van der Waals surface area contributed by atoms with Gasteiger partial charge in [0.25, 0.3) is 11.8 Å². The molecule has 7 nitrogen and oxygen atoms in total. The molecule has 3 N–H and O–H groups in total. The second-order valence-electron chi connectivity index (χ2n) is 7.00. The lowest BCUT2D eigenvalue weighted by atomic mass is 10.1. The van der Waals surface area contributed by atoms with Crippen LogP contribution >= 0.6 is 11.3 Å². The van der Waals surface area contributed by atoms with Crippen molar-refractivity contribution in [3.63, 3.8) is 0 Å². The molecular weight excluding hydrogens is 441 g/mol. The number of amides is 2. The Balaban J connectivity index is 1.56. The summed E-state index contributed by atoms with van der Waals surface area (Å²) in [6.07, 6.45) is 0.652. The van der Waals surface area contributed by atoms with Crippen molar-refractivity contribution in [3.8, 4) is 0 Å². The minimum atomic E-state index is -3.79. The molecule has 160 valence electrons. The average Bonchev–Trinajstić information content (AvgIpc) is 3.23. The topological polar surface area (TPSA) is 110 Å². The van der Waals surface area contributed by atoms with Crippen LogP contribution in [0.25, 0.3) is 0 Å². The largest absolute Gasteiger partial charge is 0.366 e. The first kappa shape index (κ1) is 21.2. The second kappa shape index (κ2) is 8.22. The van der Waals surface area contributed by atoms with Crippen LogP contribution in [0.3, 0.4) is 0 Å². The molecule has 1 aromatic heterocycles. The lowest BCUT2D eigenvalue weighted by Crippen LogP contribution is -2.35. The number of carbonyl (C=O) groups is 2. The van der Waals surface area contributed by atoms with Gasteiger partial charge >= 0.3 is 0 Å². The van der Waals surface area contributed by atoms with E-state index in [0.29, 0.717) is 19.5 Å². The molecule has 0 bridgehead atoms. The van der Waals surface area contributed by atoms with Crippen LogP contribution in [0.15, 0.2) is 58.8 Å². The predicted octanol–water partition coefficient (Wildman–Crippen LogP) is 2.99. The van der Waals surface area contributed by atoms with Gasteiger partial charge in [-0.3, -0.25) is 9.59 Å². The molecule has 0 radical (unpaired) electrons. The molecule has 0 saturated heterocycles. The number of fused-ring (bicyclic) bond motifs is 1. The summed E-state index contributed by atoms with van der Waals surface area (Å²) >= 11 is 1.62. The number of carbonyl (C=O) groups excluding carboxylic acids is 2. The van der Waals surface area contributed by atoms with Gasteiger partial charge in [-0.05, 0) is 59.8 Å². The Kier molecular flexibility index (Phi) is 5.61. The van der Waals surface area contributed by atoms with E-state index in [0.717, 1.165) is 17.7 Å². The van der Waals surface area contributed by atoms with Crippen LogP contribution < -0.4 is 11.1 Å². The standard InChI is InChI=1S/C21H18FN3O4S2/c22-18-5-4-15(11-17(18)20(23)26)24-21(27)13-2-1-3-16(10-13)31(28,29)25-8-6-19-14(12-25)7-9-30-19/h1-5,7,9-11H,6,8,12H2,(H2,23,26)(H,24,27). The molecule has 10 heteroatoms. The van der Waals surface area contributed by atoms with Crippen molar-refractivity contribution in [1.29, 1.82) is 0 Å². The fraction of sp³-hybridized carbons (Fsp3) is 0.143. The molecule has 0 fully saturated rings. The highest BCUT2D eigenvalue weighted by atomic mass is 32.2. The van der Waals surface area contributed by atoms with Crippen molar-refractivity contribution in [2.45, 2.75) is 17.9 Å². The van der Waals surface area contributed by atoms with Gasteiger partial charge < -0.3 is 11.1 Å².